The zero-order valence-corrected chi connectivity index (χ0v) is 7.18. The third-order valence-corrected chi connectivity index (χ3v) is 1.80. The van der Waals surface area contributed by atoms with Crippen LogP contribution in [0.5, 0.6) is 0 Å². The van der Waals surface area contributed by atoms with Crippen molar-refractivity contribution in [1.29, 1.82) is 0 Å². The van der Waals surface area contributed by atoms with Crippen LogP contribution in [-0.4, -0.2) is 23.7 Å². The highest BCUT2D eigenvalue weighted by molar-refractivity contribution is 5.97. The van der Waals surface area contributed by atoms with E-state index in [9.17, 15) is 0 Å². The summed E-state index contributed by atoms with van der Waals surface area (Å²) in [7, 11) is 2.00. The smallest absolute Gasteiger partial charge is 0.0946 e. The molecule has 0 spiro atoms. The number of hydrogen-bond donors (Lipinski definition) is 0. The predicted octanol–water partition coefficient (Wildman–Crippen LogP) is 1.51. The fourth-order valence-electron chi connectivity index (χ4n) is 1.24. The van der Waals surface area contributed by atoms with Crippen LogP contribution in [0.2, 0.25) is 0 Å². The first kappa shape index (κ1) is 7.45. The van der Waals surface area contributed by atoms with Crippen LogP contribution in [0.1, 0.15) is 27.2 Å². The molecule has 0 bridgehead atoms. The average molecular weight is 139 g/mol. The number of rotatable bonds is 0. The lowest BCUT2D eigenvalue weighted by molar-refractivity contribution is -0.502. The van der Waals surface area contributed by atoms with Crippen molar-refractivity contribution < 1.29 is 4.68 Å². The number of hydrogen-bond acceptors (Lipinski definition) is 1. The van der Waals surface area contributed by atoms with Crippen molar-refractivity contribution in [3.63, 3.8) is 0 Å². The lowest BCUT2D eigenvalue weighted by Gasteiger charge is -2.12. The van der Waals surface area contributed by atoms with Gasteiger partial charge >= 0.3 is 0 Å². The van der Waals surface area contributed by atoms with Crippen molar-refractivity contribution in [3.8, 4) is 0 Å². The summed E-state index contributed by atoms with van der Waals surface area (Å²) in [4.78, 5) is 0. The molecule has 0 aromatic heterocycles. The Hall–Kier alpha value is -0.660. The zero-order chi connectivity index (χ0) is 7.78. The van der Waals surface area contributed by atoms with Crippen LogP contribution >= 0.6 is 0 Å². The van der Waals surface area contributed by atoms with Crippen LogP contribution < -0.4 is 0 Å². The molecule has 2 nitrogen and oxygen atoms in total. The zero-order valence-electron chi connectivity index (χ0n) is 7.18. The Bertz CT molecular complexity index is 194. The molecular weight excluding hydrogens is 124 g/mol. The maximum absolute atomic E-state index is 4.16. The molecule has 1 aliphatic heterocycles. The molecule has 0 aromatic carbocycles. The van der Waals surface area contributed by atoms with Gasteiger partial charge in [0.15, 0.2) is 12.8 Å². The summed E-state index contributed by atoms with van der Waals surface area (Å²) in [6.45, 7) is 6.65. The second kappa shape index (κ2) is 2.19. The largest absolute Gasteiger partial charge is 0.195 e. The van der Waals surface area contributed by atoms with E-state index in [1.165, 1.54) is 5.71 Å². The number of nitrogens with zero attached hydrogens (tertiary/aromatic N) is 2. The molecule has 1 heterocycles. The first-order valence-electron chi connectivity index (χ1n) is 3.64. The van der Waals surface area contributed by atoms with Crippen LogP contribution in [0.4, 0.5) is 0 Å². The molecule has 0 atom stereocenters. The van der Waals surface area contributed by atoms with Gasteiger partial charge in [-0.1, -0.05) is 25.5 Å². The van der Waals surface area contributed by atoms with E-state index in [1.807, 2.05) is 17.9 Å². The molecule has 0 aliphatic carbocycles. The highest BCUT2D eigenvalue weighted by Gasteiger charge is 2.29. The Labute approximate surface area is 62.3 Å². The van der Waals surface area contributed by atoms with Gasteiger partial charge in [-0.3, -0.25) is 0 Å². The molecule has 0 fully saturated rings. The van der Waals surface area contributed by atoms with Gasteiger partial charge in [0.05, 0.1) is 12.6 Å². The third kappa shape index (κ3) is 1.25. The van der Waals surface area contributed by atoms with Gasteiger partial charge in [0.25, 0.3) is 0 Å². The van der Waals surface area contributed by atoms with E-state index in [4.69, 9.17) is 0 Å². The van der Waals surface area contributed by atoms with Crippen molar-refractivity contribution in [2.24, 2.45) is 10.5 Å². The van der Waals surface area contributed by atoms with Crippen molar-refractivity contribution >= 4 is 11.9 Å². The normalized spacial score (nSPS) is 18.8. The Morgan fingerprint density at radius 2 is 2.10 bits per heavy atom. The van der Waals surface area contributed by atoms with Crippen LogP contribution in [-0.2, 0) is 0 Å². The molecule has 0 saturated heterocycles. The molecule has 56 valence electrons. The second-order valence-corrected chi connectivity index (χ2v) is 3.72. The van der Waals surface area contributed by atoms with Crippen LogP contribution in [0.3, 0.4) is 0 Å². The summed E-state index contributed by atoms with van der Waals surface area (Å²) >= 11 is 0. The second-order valence-electron chi connectivity index (χ2n) is 3.72. The van der Waals surface area contributed by atoms with E-state index in [0.29, 0.717) is 0 Å². The molecule has 1 aliphatic rings. The summed E-state index contributed by atoms with van der Waals surface area (Å²) < 4.78 is 1.97. The highest BCUT2D eigenvalue weighted by atomic mass is 15.4. The summed E-state index contributed by atoms with van der Waals surface area (Å²) in [6.07, 6.45) is 2.97. The Morgan fingerprint density at radius 3 is 2.30 bits per heavy atom. The summed E-state index contributed by atoms with van der Waals surface area (Å²) in [5.41, 5.74) is 1.66. The topological polar surface area (TPSA) is 15.4 Å². The Kier molecular flexibility index (Phi) is 1.63. The molecule has 2 heteroatoms. The van der Waals surface area contributed by atoms with Gasteiger partial charge in [0, 0.05) is 5.41 Å². The van der Waals surface area contributed by atoms with Gasteiger partial charge in [-0.05, 0) is 5.10 Å². The monoisotopic (exact) mass is 139 g/mol. The molecule has 0 unspecified atom stereocenters. The fraction of sp³-hybridized carbons (Fsp3) is 0.750. The summed E-state index contributed by atoms with van der Waals surface area (Å²) in [5, 5.41) is 4.16. The number of hydrazone groups is 1. The van der Waals surface area contributed by atoms with Crippen molar-refractivity contribution in [3.05, 3.63) is 0 Å². The van der Waals surface area contributed by atoms with Gasteiger partial charge in [-0.25, -0.2) is 0 Å². The standard InChI is InChI=1S/C8H15N2/c1-8(2,3)7-5-6-9-10(7)4/h6H,5H2,1-4H3/q+1. The predicted molar refractivity (Wildman–Crippen MR) is 43.8 cm³/mol. The Morgan fingerprint density at radius 1 is 1.50 bits per heavy atom. The fourth-order valence-corrected chi connectivity index (χ4v) is 1.24. The third-order valence-electron chi connectivity index (χ3n) is 1.80. The minimum atomic E-state index is 0.269. The molecular formula is C8H15N2+. The molecule has 0 N–H and O–H groups in total. The van der Waals surface area contributed by atoms with Crippen LogP contribution in [0.25, 0.3) is 0 Å². The van der Waals surface area contributed by atoms with Gasteiger partial charge in [-0.15, -0.1) is 0 Å². The highest BCUT2D eigenvalue weighted by Crippen LogP contribution is 2.19. The van der Waals surface area contributed by atoms with Crippen molar-refractivity contribution in [2.45, 2.75) is 27.2 Å². The first-order valence-corrected chi connectivity index (χ1v) is 3.64. The van der Waals surface area contributed by atoms with Crippen molar-refractivity contribution in [2.75, 3.05) is 7.05 Å². The molecule has 0 aromatic rings. The van der Waals surface area contributed by atoms with Gasteiger partial charge in [-0.2, -0.15) is 0 Å². The van der Waals surface area contributed by atoms with E-state index in [2.05, 4.69) is 25.9 Å². The van der Waals surface area contributed by atoms with Crippen molar-refractivity contribution in [1.82, 2.24) is 0 Å². The maximum atomic E-state index is 4.16. The van der Waals surface area contributed by atoms with E-state index in [0.717, 1.165) is 6.42 Å². The maximum Gasteiger partial charge on any atom is 0.195 e. The van der Waals surface area contributed by atoms with E-state index in [-0.39, 0.29) is 5.41 Å². The average Bonchev–Trinajstić information content (AvgIpc) is 2.11. The summed E-state index contributed by atoms with van der Waals surface area (Å²) in [5.74, 6) is 0. The minimum Gasteiger partial charge on any atom is -0.0946 e. The molecule has 0 radical (unpaired) electrons. The van der Waals surface area contributed by atoms with E-state index in [1.54, 1.807) is 0 Å². The minimum absolute atomic E-state index is 0.269. The quantitative estimate of drug-likeness (QED) is 0.452. The lowest BCUT2D eigenvalue weighted by Crippen LogP contribution is -2.24. The van der Waals surface area contributed by atoms with E-state index < -0.39 is 0 Å². The first-order chi connectivity index (χ1) is 4.52. The van der Waals surface area contributed by atoms with Gasteiger partial charge in [0.2, 0.25) is 0 Å². The van der Waals surface area contributed by atoms with E-state index >= 15 is 0 Å². The van der Waals surface area contributed by atoms with Crippen LogP contribution in [0.15, 0.2) is 5.10 Å². The van der Waals surface area contributed by atoms with Crippen LogP contribution in [0, 0.1) is 5.41 Å². The Balaban J connectivity index is 2.86. The molecule has 0 amide bonds. The summed E-state index contributed by atoms with van der Waals surface area (Å²) in [6, 6.07) is 0. The molecule has 0 saturated carbocycles. The van der Waals surface area contributed by atoms with Gasteiger partial charge < -0.3 is 0 Å². The molecule has 10 heavy (non-hydrogen) atoms. The molecule has 1 rings (SSSR count). The lowest BCUT2D eigenvalue weighted by atomic mass is 9.88. The van der Waals surface area contributed by atoms with Gasteiger partial charge in [0.1, 0.15) is 0 Å². The SMILES string of the molecule is C[N+]1=C(C(C)(C)C)CC=N1.